The van der Waals surface area contributed by atoms with E-state index in [-0.39, 0.29) is 23.7 Å². The Kier molecular flexibility index (Phi) is 5.59. The van der Waals surface area contributed by atoms with Crippen molar-refractivity contribution in [2.75, 3.05) is 10.6 Å². The molecular weight excluding hydrogens is 412 g/mol. The fourth-order valence-electron chi connectivity index (χ4n) is 4.11. The summed E-state index contributed by atoms with van der Waals surface area (Å²) < 4.78 is 0. The highest BCUT2D eigenvalue weighted by Crippen LogP contribution is 2.48. The van der Waals surface area contributed by atoms with Crippen LogP contribution < -0.4 is 16.4 Å². The van der Waals surface area contributed by atoms with Crippen molar-refractivity contribution in [3.63, 3.8) is 0 Å². The summed E-state index contributed by atoms with van der Waals surface area (Å²) in [6.45, 7) is 0.423. The van der Waals surface area contributed by atoms with Crippen LogP contribution in [0.3, 0.4) is 0 Å². The molecule has 0 unspecified atom stereocenters. The summed E-state index contributed by atoms with van der Waals surface area (Å²) in [6.07, 6.45) is 4.35. The molecule has 1 aromatic heterocycles. The standard InChI is InChI=1S/C27H24N4O2/c28-15-17-2-1-3-22(12-17)30-26(32)19-6-4-18(5-7-19)24-14-25(24)27(33)31-23-9-8-21-16-29-11-10-20(21)13-23/h1-13,16,24-25H,14-15,28H2,(H,30,32)(H,31,33)/t24-,25+/m0/s1. The van der Waals surface area contributed by atoms with Crippen molar-refractivity contribution >= 4 is 34.0 Å². The molecule has 5 rings (SSSR count). The van der Waals surface area contributed by atoms with E-state index in [1.54, 1.807) is 12.4 Å². The van der Waals surface area contributed by atoms with E-state index in [0.717, 1.165) is 39.7 Å². The number of anilines is 2. The fraction of sp³-hybridized carbons (Fsp3) is 0.148. The first-order valence-electron chi connectivity index (χ1n) is 11.0. The average molecular weight is 437 g/mol. The molecule has 6 heteroatoms. The van der Waals surface area contributed by atoms with Gasteiger partial charge in [0.1, 0.15) is 0 Å². The first-order valence-corrected chi connectivity index (χ1v) is 11.0. The minimum absolute atomic E-state index is 0.0232. The van der Waals surface area contributed by atoms with Crippen molar-refractivity contribution in [1.29, 1.82) is 0 Å². The third-order valence-electron chi connectivity index (χ3n) is 6.06. The van der Waals surface area contributed by atoms with Gasteiger partial charge in [0.2, 0.25) is 5.91 Å². The number of nitrogens with zero attached hydrogens (tertiary/aromatic N) is 1. The van der Waals surface area contributed by atoms with Crippen LogP contribution in [0.2, 0.25) is 0 Å². The van der Waals surface area contributed by atoms with Gasteiger partial charge in [-0.2, -0.15) is 0 Å². The lowest BCUT2D eigenvalue weighted by Gasteiger charge is -2.08. The maximum Gasteiger partial charge on any atom is 0.255 e. The largest absolute Gasteiger partial charge is 0.326 e. The lowest BCUT2D eigenvalue weighted by atomic mass is 10.1. The smallest absolute Gasteiger partial charge is 0.255 e. The second kappa shape index (κ2) is 8.84. The van der Waals surface area contributed by atoms with Crippen molar-refractivity contribution in [2.24, 2.45) is 11.7 Å². The molecule has 0 bridgehead atoms. The molecule has 4 aromatic rings. The number of fused-ring (bicyclic) bond motifs is 1. The van der Waals surface area contributed by atoms with Gasteiger partial charge in [-0.1, -0.05) is 30.3 Å². The maximum atomic E-state index is 12.7. The quantitative estimate of drug-likeness (QED) is 0.409. The third-order valence-corrected chi connectivity index (χ3v) is 6.06. The Balaban J connectivity index is 1.20. The minimum Gasteiger partial charge on any atom is -0.326 e. The summed E-state index contributed by atoms with van der Waals surface area (Å²) in [5.74, 6) is -0.0350. The zero-order chi connectivity index (χ0) is 22.8. The number of pyridine rings is 1. The lowest BCUT2D eigenvalue weighted by molar-refractivity contribution is -0.117. The summed E-state index contributed by atoms with van der Waals surface area (Å²) >= 11 is 0. The number of hydrogen-bond donors (Lipinski definition) is 3. The molecule has 1 aliphatic carbocycles. The molecule has 0 radical (unpaired) electrons. The van der Waals surface area contributed by atoms with Gasteiger partial charge in [-0.25, -0.2) is 0 Å². The average Bonchev–Trinajstić information content (AvgIpc) is 3.65. The van der Waals surface area contributed by atoms with E-state index in [0.29, 0.717) is 12.1 Å². The van der Waals surface area contributed by atoms with Gasteiger partial charge in [-0.05, 0) is 71.3 Å². The van der Waals surface area contributed by atoms with Crippen LogP contribution in [0.5, 0.6) is 0 Å². The number of carbonyl (C=O) groups excluding carboxylic acids is 2. The van der Waals surface area contributed by atoms with Gasteiger partial charge in [0.15, 0.2) is 0 Å². The number of nitrogens with two attached hydrogens (primary N) is 1. The van der Waals surface area contributed by atoms with Gasteiger partial charge in [0, 0.05) is 47.2 Å². The molecule has 1 fully saturated rings. The summed E-state index contributed by atoms with van der Waals surface area (Å²) in [5, 5.41) is 8.01. The highest BCUT2D eigenvalue weighted by molar-refractivity contribution is 6.04. The predicted molar refractivity (Wildman–Crippen MR) is 130 cm³/mol. The Morgan fingerprint density at radius 2 is 1.73 bits per heavy atom. The van der Waals surface area contributed by atoms with Crippen molar-refractivity contribution in [2.45, 2.75) is 18.9 Å². The Labute approximate surface area is 191 Å². The van der Waals surface area contributed by atoms with Gasteiger partial charge in [-0.15, -0.1) is 0 Å². The molecule has 0 spiro atoms. The maximum absolute atomic E-state index is 12.7. The van der Waals surface area contributed by atoms with E-state index in [2.05, 4.69) is 15.6 Å². The summed E-state index contributed by atoms with van der Waals surface area (Å²) in [7, 11) is 0. The molecule has 1 aliphatic rings. The minimum atomic E-state index is -0.174. The van der Waals surface area contributed by atoms with Crippen molar-refractivity contribution in [1.82, 2.24) is 4.98 Å². The van der Waals surface area contributed by atoms with Crippen molar-refractivity contribution < 1.29 is 9.59 Å². The monoisotopic (exact) mass is 436 g/mol. The number of amides is 2. The van der Waals surface area contributed by atoms with Gasteiger partial charge >= 0.3 is 0 Å². The van der Waals surface area contributed by atoms with Crippen LogP contribution in [0.1, 0.15) is 33.8 Å². The number of nitrogens with one attached hydrogen (secondary N) is 2. The molecule has 33 heavy (non-hydrogen) atoms. The van der Waals surface area contributed by atoms with E-state index in [9.17, 15) is 9.59 Å². The number of aromatic nitrogens is 1. The van der Waals surface area contributed by atoms with Gasteiger partial charge in [0.05, 0.1) is 0 Å². The third kappa shape index (κ3) is 4.61. The Morgan fingerprint density at radius 3 is 2.55 bits per heavy atom. The zero-order valence-electron chi connectivity index (χ0n) is 18.0. The Hall–Kier alpha value is -4.03. The number of benzene rings is 3. The van der Waals surface area contributed by atoms with E-state index in [1.165, 1.54) is 0 Å². The topological polar surface area (TPSA) is 97.1 Å². The normalized spacial score (nSPS) is 16.9. The van der Waals surface area contributed by atoms with Gasteiger partial charge in [-0.3, -0.25) is 14.6 Å². The van der Waals surface area contributed by atoms with Crippen LogP contribution in [0.15, 0.2) is 85.2 Å². The van der Waals surface area contributed by atoms with Gasteiger partial charge < -0.3 is 16.4 Å². The van der Waals surface area contributed by atoms with Crippen LogP contribution in [0.25, 0.3) is 10.8 Å². The molecule has 0 aliphatic heterocycles. The molecule has 3 aromatic carbocycles. The first-order chi connectivity index (χ1) is 16.1. The van der Waals surface area contributed by atoms with Crippen molar-refractivity contribution in [3.05, 3.63) is 102 Å². The number of carbonyl (C=O) groups is 2. The zero-order valence-corrected chi connectivity index (χ0v) is 18.0. The lowest BCUT2D eigenvalue weighted by Crippen LogP contribution is -2.14. The molecule has 2 atom stereocenters. The van der Waals surface area contributed by atoms with E-state index < -0.39 is 0 Å². The summed E-state index contributed by atoms with van der Waals surface area (Å²) in [4.78, 5) is 29.4. The van der Waals surface area contributed by atoms with Crippen molar-refractivity contribution in [3.8, 4) is 0 Å². The molecule has 0 saturated heterocycles. The Morgan fingerprint density at radius 1 is 0.909 bits per heavy atom. The van der Waals surface area contributed by atoms with E-state index in [1.807, 2.05) is 72.8 Å². The molecule has 1 heterocycles. The molecular formula is C27H24N4O2. The van der Waals surface area contributed by atoms with Crippen LogP contribution in [0, 0.1) is 5.92 Å². The van der Waals surface area contributed by atoms with Gasteiger partial charge in [0.25, 0.3) is 5.91 Å². The summed E-state index contributed by atoms with van der Waals surface area (Å²) in [6, 6.07) is 22.7. The molecule has 2 amide bonds. The molecule has 6 nitrogen and oxygen atoms in total. The number of rotatable bonds is 6. The van der Waals surface area contributed by atoms with Crippen LogP contribution in [-0.4, -0.2) is 16.8 Å². The van der Waals surface area contributed by atoms with E-state index >= 15 is 0 Å². The molecule has 4 N–H and O–H groups in total. The molecule has 1 saturated carbocycles. The second-order valence-electron chi connectivity index (χ2n) is 8.36. The van der Waals surface area contributed by atoms with E-state index in [4.69, 9.17) is 5.73 Å². The van der Waals surface area contributed by atoms with Crippen LogP contribution in [0.4, 0.5) is 11.4 Å². The SMILES string of the molecule is NCc1cccc(NC(=O)c2ccc([C@@H]3C[C@H]3C(=O)Nc3ccc4cnccc4c3)cc2)c1. The summed E-state index contributed by atoms with van der Waals surface area (Å²) in [5.41, 5.74) is 9.78. The van der Waals surface area contributed by atoms with Crippen LogP contribution in [-0.2, 0) is 11.3 Å². The highest BCUT2D eigenvalue weighted by Gasteiger charge is 2.43. The second-order valence-corrected chi connectivity index (χ2v) is 8.36. The first kappa shape index (κ1) is 20.8. The number of hydrogen-bond acceptors (Lipinski definition) is 4. The van der Waals surface area contributed by atoms with Crippen LogP contribution >= 0.6 is 0 Å². The molecule has 164 valence electrons. The Bertz CT molecular complexity index is 1330. The highest BCUT2D eigenvalue weighted by atomic mass is 16.2. The predicted octanol–water partition coefficient (Wildman–Crippen LogP) is 4.69. The fourth-order valence-corrected chi connectivity index (χ4v) is 4.11.